The van der Waals surface area contributed by atoms with Crippen LogP contribution in [0.5, 0.6) is 0 Å². The second-order valence-electron chi connectivity index (χ2n) is 3.85. The van der Waals surface area contributed by atoms with Gasteiger partial charge in [-0.2, -0.15) is 0 Å². The molecule has 1 heterocycles. The lowest BCUT2D eigenvalue weighted by Crippen LogP contribution is -1.81. The van der Waals surface area contributed by atoms with Crippen molar-refractivity contribution in [2.75, 3.05) is 0 Å². The Kier molecular flexibility index (Phi) is 1.46. The highest BCUT2D eigenvalue weighted by molar-refractivity contribution is 5.81. The van der Waals surface area contributed by atoms with Crippen molar-refractivity contribution in [3.63, 3.8) is 0 Å². The first-order valence-electron chi connectivity index (χ1n) is 4.72. The van der Waals surface area contributed by atoms with Crippen molar-refractivity contribution in [3.05, 3.63) is 35.5 Å². The van der Waals surface area contributed by atoms with Gasteiger partial charge in [0.1, 0.15) is 11.6 Å². The minimum Gasteiger partial charge on any atom is -0.356 e. The largest absolute Gasteiger partial charge is 0.356 e. The van der Waals surface area contributed by atoms with Crippen LogP contribution in [0.4, 0.5) is 8.78 Å². The molecule has 0 saturated heterocycles. The van der Waals surface area contributed by atoms with Crippen molar-refractivity contribution in [3.8, 4) is 0 Å². The molecule has 1 nitrogen and oxygen atoms in total. The SMILES string of the molecule is Fc1cc(F)c2[nH]c(C3CC3)cc2c1. The van der Waals surface area contributed by atoms with Crippen molar-refractivity contribution in [1.82, 2.24) is 4.98 Å². The van der Waals surface area contributed by atoms with E-state index in [4.69, 9.17) is 0 Å². The molecule has 1 saturated carbocycles. The molecule has 0 unspecified atom stereocenters. The lowest BCUT2D eigenvalue weighted by Gasteiger charge is -1.92. The van der Waals surface area contributed by atoms with Crippen LogP contribution >= 0.6 is 0 Å². The van der Waals surface area contributed by atoms with Gasteiger partial charge in [0.25, 0.3) is 0 Å². The monoisotopic (exact) mass is 193 g/mol. The molecule has 0 radical (unpaired) electrons. The first kappa shape index (κ1) is 7.97. The maximum Gasteiger partial charge on any atom is 0.150 e. The highest BCUT2D eigenvalue weighted by Gasteiger charge is 2.25. The molecule has 72 valence electrons. The fourth-order valence-electron chi connectivity index (χ4n) is 1.80. The number of nitrogens with one attached hydrogen (secondary N) is 1. The van der Waals surface area contributed by atoms with E-state index in [9.17, 15) is 8.78 Å². The summed E-state index contributed by atoms with van der Waals surface area (Å²) >= 11 is 0. The number of hydrogen-bond acceptors (Lipinski definition) is 0. The zero-order valence-electron chi connectivity index (χ0n) is 7.48. The number of rotatable bonds is 1. The Morgan fingerprint density at radius 1 is 1.14 bits per heavy atom. The Morgan fingerprint density at radius 2 is 1.93 bits per heavy atom. The number of hydrogen-bond donors (Lipinski definition) is 1. The summed E-state index contributed by atoms with van der Waals surface area (Å²) in [6, 6.07) is 4.12. The second kappa shape index (κ2) is 2.56. The first-order chi connectivity index (χ1) is 6.74. The summed E-state index contributed by atoms with van der Waals surface area (Å²) in [5.74, 6) is -0.492. The van der Waals surface area contributed by atoms with Gasteiger partial charge < -0.3 is 4.98 Å². The molecule has 1 aromatic heterocycles. The maximum atomic E-state index is 13.3. The Hall–Kier alpha value is -1.38. The van der Waals surface area contributed by atoms with Gasteiger partial charge in [0.05, 0.1) is 5.52 Å². The minimum absolute atomic E-state index is 0.424. The maximum absolute atomic E-state index is 13.3. The number of aromatic nitrogens is 1. The smallest absolute Gasteiger partial charge is 0.150 e. The van der Waals surface area contributed by atoms with E-state index in [1.165, 1.54) is 6.07 Å². The zero-order valence-corrected chi connectivity index (χ0v) is 7.48. The van der Waals surface area contributed by atoms with Crippen molar-refractivity contribution in [2.45, 2.75) is 18.8 Å². The minimum atomic E-state index is -0.517. The van der Waals surface area contributed by atoms with Gasteiger partial charge in [-0.25, -0.2) is 8.78 Å². The summed E-state index contributed by atoms with van der Waals surface area (Å²) in [4.78, 5) is 3.01. The number of aromatic amines is 1. The molecule has 0 atom stereocenters. The van der Waals surface area contributed by atoms with Crippen LogP contribution < -0.4 is 0 Å². The van der Waals surface area contributed by atoms with Gasteiger partial charge in [-0.05, 0) is 30.9 Å². The molecule has 1 N–H and O–H groups in total. The number of benzene rings is 1. The molecule has 1 aromatic carbocycles. The molecule has 1 aliphatic carbocycles. The number of fused-ring (bicyclic) bond motifs is 1. The van der Waals surface area contributed by atoms with Crippen molar-refractivity contribution in [1.29, 1.82) is 0 Å². The fraction of sp³-hybridized carbons (Fsp3) is 0.273. The van der Waals surface area contributed by atoms with Crippen LogP contribution in [0.2, 0.25) is 0 Å². The summed E-state index contributed by atoms with van der Waals surface area (Å²) in [5.41, 5.74) is 1.46. The van der Waals surface area contributed by atoms with E-state index in [1.807, 2.05) is 6.07 Å². The van der Waals surface area contributed by atoms with E-state index in [-0.39, 0.29) is 0 Å². The lowest BCUT2D eigenvalue weighted by atomic mass is 10.2. The van der Waals surface area contributed by atoms with Crippen LogP contribution in [0.25, 0.3) is 10.9 Å². The third-order valence-corrected chi connectivity index (χ3v) is 2.68. The van der Waals surface area contributed by atoms with Crippen molar-refractivity contribution < 1.29 is 8.78 Å². The van der Waals surface area contributed by atoms with E-state index in [0.717, 1.165) is 24.6 Å². The molecule has 3 rings (SSSR count). The van der Waals surface area contributed by atoms with Gasteiger partial charge >= 0.3 is 0 Å². The summed E-state index contributed by atoms with van der Waals surface area (Å²) in [5, 5.41) is 0.629. The first-order valence-corrected chi connectivity index (χ1v) is 4.72. The average molecular weight is 193 g/mol. The molecule has 0 amide bonds. The Labute approximate surface area is 79.7 Å². The molecule has 1 fully saturated rings. The predicted molar refractivity (Wildman–Crippen MR) is 50.2 cm³/mol. The van der Waals surface area contributed by atoms with Gasteiger partial charge in [-0.3, -0.25) is 0 Å². The van der Waals surface area contributed by atoms with E-state index in [0.29, 0.717) is 16.8 Å². The van der Waals surface area contributed by atoms with Gasteiger partial charge in [-0.15, -0.1) is 0 Å². The van der Waals surface area contributed by atoms with Crippen molar-refractivity contribution in [2.24, 2.45) is 0 Å². The van der Waals surface area contributed by atoms with E-state index >= 15 is 0 Å². The molecule has 0 spiro atoms. The van der Waals surface area contributed by atoms with Crippen LogP contribution in [0, 0.1) is 11.6 Å². The standard InChI is InChI=1S/C11H9F2N/c12-8-3-7-4-10(6-1-2-6)14-11(7)9(13)5-8/h3-6,14H,1-2H2. The van der Waals surface area contributed by atoms with E-state index in [2.05, 4.69) is 4.98 Å². The van der Waals surface area contributed by atoms with Crippen LogP contribution in [-0.4, -0.2) is 4.98 Å². The van der Waals surface area contributed by atoms with Gasteiger partial charge in [0, 0.05) is 17.1 Å². The van der Waals surface area contributed by atoms with E-state index < -0.39 is 11.6 Å². The molecule has 3 heteroatoms. The van der Waals surface area contributed by atoms with Crippen LogP contribution in [0.3, 0.4) is 0 Å². The van der Waals surface area contributed by atoms with Crippen LogP contribution in [-0.2, 0) is 0 Å². The normalized spacial score (nSPS) is 16.4. The zero-order chi connectivity index (χ0) is 9.71. The molecule has 1 aliphatic rings. The number of H-pyrrole nitrogens is 1. The topological polar surface area (TPSA) is 15.8 Å². The summed E-state index contributed by atoms with van der Waals surface area (Å²) < 4.78 is 26.1. The predicted octanol–water partition coefficient (Wildman–Crippen LogP) is 3.32. The van der Waals surface area contributed by atoms with E-state index in [1.54, 1.807) is 0 Å². The van der Waals surface area contributed by atoms with Crippen molar-refractivity contribution >= 4 is 10.9 Å². The Balaban J connectivity index is 2.26. The lowest BCUT2D eigenvalue weighted by molar-refractivity contribution is 0.591. The third kappa shape index (κ3) is 1.12. The molecule has 2 aromatic rings. The molecular formula is C11H9F2N. The van der Waals surface area contributed by atoms with Crippen LogP contribution in [0.1, 0.15) is 24.5 Å². The third-order valence-electron chi connectivity index (χ3n) is 2.68. The average Bonchev–Trinajstić information content (AvgIpc) is 2.87. The van der Waals surface area contributed by atoms with Gasteiger partial charge in [0.15, 0.2) is 0 Å². The Morgan fingerprint density at radius 3 is 2.64 bits per heavy atom. The quantitative estimate of drug-likeness (QED) is 0.715. The fourth-order valence-corrected chi connectivity index (χ4v) is 1.80. The number of halogens is 2. The van der Waals surface area contributed by atoms with Crippen LogP contribution in [0.15, 0.2) is 18.2 Å². The highest BCUT2D eigenvalue weighted by atomic mass is 19.1. The summed E-state index contributed by atoms with van der Waals surface area (Å²) in [6.45, 7) is 0. The van der Waals surface area contributed by atoms with Gasteiger partial charge in [-0.1, -0.05) is 0 Å². The second-order valence-corrected chi connectivity index (χ2v) is 3.85. The highest BCUT2D eigenvalue weighted by Crippen LogP contribution is 2.40. The molecule has 14 heavy (non-hydrogen) atoms. The van der Waals surface area contributed by atoms with Gasteiger partial charge in [0.2, 0.25) is 0 Å². The Bertz CT molecular complexity index is 497. The molecule has 0 bridgehead atoms. The molecule has 0 aliphatic heterocycles. The molecular weight excluding hydrogens is 184 g/mol. The summed E-state index contributed by atoms with van der Waals surface area (Å²) in [6.07, 6.45) is 2.30. The summed E-state index contributed by atoms with van der Waals surface area (Å²) in [7, 11) is 0.